The molecule has 0 aliphatic carbocycles. The Labute approximate surface area is 200 Å². The summed E-state index contributed by atoms with van der Waals surface area (Å²) in [6.45, 7) is -0.445. The minimum atomic E-state index is -4.51. The van der Waals surface area contributed by atoms with Gasteiger partial charge in [0.05, 0.1) is 23.9 Å². The second kappa shape index (κ2) is 11.7. The number of allylic oxidation sites excluding steroid dienone is 1. The van der Waals surface area contributed by atoms with Crippen LogP contribution in [0.15, 0.2) is 66.9 Å². The van der Waals surface area contributed by atoms with Crippen molar-refractivity contribution >= 4 is 23.2 Å². The SMILES string of the molecule is COc1cc(/C=C(\C#N)c2ccccn2)ccc1OCC(=O)Nc1cccc(C(F)(F)F)c1.[Cl-]. The van der Waals surface area contributed by atoms with Crippen LogP contribution < -0.4 is 27.2 Å². The third kappa shape index (κ3) is 6.98. The Morgan fingerprint density at radius 1 is 1.12 bits per heavy atom. The van der Waals surface area contributed by atoms with Crippen molar-refractivity contribution < 1.29 is 39.8 Å². The van der Waals surface area contributed by atoms with Crippen LogP contribution in [0, 0.1) is 11.3 Å². The zero-order valence-corrected chi connectivity index (χ0v) is 18.5. The highest BCUT2D eigenvalue weighted by Crippen LogP contribution is 2.31. The summed E-state index contributed by atoms with van der Waals surface area (Å²) in [5.74, 6) is -0.0682. The molecule has 3 rings (SSSR count). The lowest BCUT2D eigenvalue weighted by Crippen LogP contribution is -3.00. The number of hydrogen-bond acceptors (Lipinski definition) is 5. The second-order valence-electron chi connectivity index (χ2n) is 6.71. The lowest BCUT2D eigenvalue weighted by molar-refractivity contribution is -0.137. The second-order valence-corrected chi connectivity index (χ2v) is 6.71. The van der Waals surface area contributed by atoms with Crippen LogP contribution in [-0.2, 0) is 11.0 Å². The van der Waals surface area contributed by atoms with Crippen LogP contribution in [0.1, 0.15) is 16.8 Å². The maximum absolute atomic E-state index is 12.8. The fourth-order valence-corrected chi connectivity index (χ4v) is 2.86. The summed E-state index contributed by atoms with van der Waals surface area (Å²) in [5, 5.41) is 11.8. The number of methoxy groups -OCH3 is 1. The molecule has 0 radical (unpaired) electrons. The molecule has 3 aromatic rings. The molecule has 34 heavy (non-hydrogen) atoms. The maximum Gasteiger partial charge on any atom is 0.416 e. The van der Waals surface area contributed by atoms with Gasteiger partial charge in [-0.3, -0.25) is 9.78 Å². The summed E-state index contributed by atoms with van der Waals surface area (Å²) in [5.41, 5.74) is 0.658. The molecule has 0 saturated heterocycles. The van der Waals surface area contributed by atoms with Gasteiger partial charge in [-0.25, -0.2) is 0 Å². The highest BCUT2D eigenvalue weighted by molar-refractivity contribution is 5.92. The first-order valence-corrected chi connectivity index (χ1v) is 9.61. The van der Waals surface area contributed by atoms with Crippen molar-refractivity contribution in [2.75, 3.05) is 19.0 Å². The fraction of sp³-hybridized carbons (Fsp3) is 0.125. The average Bonchev–Trinajstić information content (AvgIpc) is 2.81. The van der Waals surface area contributed by atoms with Crippen molar-refractivity contribution in [2.24, 2.45) is 0 Å². The number of nitriles is 1. The summed E-state index contributed by atoms with van der Waals surface area (Å²) in [4.78, 5) is 16.3. The van der Waals surface area contributed by atoms with E-state index in [9.17, 15) is 23.2 Å². The smallest absolute Gasteiger partial charge is 0.416 e. The van der Waals surface area contributed by atoms with Gasteiger partial charge in [-0.05, 0) is 54.1 Å². The van der Waals surface area contributed by atoms with Crippen LogP contribution in [0.3, 0.4) is 0 Å². The molecule has 10 heteroatoms. The van der Waals surface area contributed by atoms with Gasteiger partial charge in [0.1, 0.15) is 6.07 Å². The molecule has 0 saturated carbocycles. The van der Waals surface area contributed by atoms with Crippen LogP contribution in [0.4, 0.5) is 18.9 Å². The molecular weight excluding hydrogens is 471 g/mol. The van der Waals surface area contributed by atoms with Gasteiger partial charge >= 0.3 is 6.18 Å². The Bertz CT molecular complexity index is 1210. The normalized spacial score (nSPS) is 11.1. The Hall–Kier alpha value is -4.03. The number of carbonyl (C=O) groups excluding carboxylic acids is 1. The number of nitrogens with zero attached hydrogens (tertiary/aromatic N) is 2. The van der Waals surface area contributed by atoms with Crippen LogP contribution in [0.25, 0.3) is 11.6 Å². The maximum atomic E-state index is 12.8. The predicted octanol–water partition coefficient (Wildman–Crippen LogP) is 2.19. The number of ether oxygens (including phenoxy) is 2. The van der Waals surface area contributed by atoms with E-state index in [1.54, 1.807) is 48.7 Å². The zero-order chi connectivity index (χ0) is 23.8. The number of carbonyl (C=O) groups is 1. The minimum absolute atomic E-state index is 0. The zero-order valence-electron chi connectivity index (χ0n) is 17.8. The number of amides is 1. The summed E-state index contributed by atoms with van der Waals surface area (Å²) >= 11 is 0. The number of anilines is 1. The largest absolute Gasteiger partial charge is 1.00 e. The van der Waals surface area contributed by atoms with E-state index in [-0.39, 0.29) is 23.8 Å². The molecule has 1 amide bonds. The number of rotatable bonds is 7. The molecule has 1 heterocycles. The molecule has 2 aromatic carbocycles. The van der Waals surface area contributed by atoms with Gasteiger partial charge in [-0.2, -0.15) is 18.4 Å². The van der Waals surface area contributed by atoms with E-state index in [1.165, 1.54) is 19.2 Å². The first-order valence-electron chi connectivity index (χ1n) is 9.61. The Balaban J connectivity index is 0.00000408. The van der Waals surface area contributed by atoms with Crippen LogP contribution in [0.5, 0.6) is 11.5 Å². The van der Waals surface area contributed by atoms with E-state index in [0.717, 1.165) is 12.1 Å². The number of benzene rings is 2. The van der Waals surface area contributed by atoms with Crippen molar-refractivity contribution in [3.63, 3.8) is 0 Å². The van der Waals surface area contributed by atoms with Crippen molar-refractivity contribution in [1.82, 2.24) is 4.98 Å². The van der Waals surface area contributed by atoms with Crippen LogP contribution in [-0.4, -0.2) is 24.6 Å². The fourth-order valence-electron chi connectivity index (χ4n) is 2.86. The van der Waals surface area contributed by atoms with Crippen molar-refractivity contribution in [3.05, 3.63) is 83.7 Å². The van der Waals surface area contributed by atoms with Crippen molar-refractivity contribution in [3.8, 4) is 17.6 Å². The lowest BCUT2D eigenvalue weighted by Gasteiger charge is -2.12. The molecule has 6 nitrogen and oxygen atoms in total. The molecule has 0 aliphatic rings. The quantitative estimate of drug-likeness (QED) is 0.515. The van der Waals surface area contributed by atoms with E-state index >= 15 is 0 Å². The molecule has 1 aromatic heterocycles. The van der Waals surface area contributed by atoms with Gasteiger partial charge in [0, 0.05) is 11.9 Å². The molecule has 0 fully saturated rings. The molecule has 0 aliphatic heterocycles. The summed E-state index contributed by atoms with van der Waals surface area (Å²) in [6, 6.07) is 16.5. The first-order chi connectivity index (χ1) is 15.8. The van der Waals surface area contributed by atoms with Crippen LogP contribution >= 0.6 is 0 Å². The topological polar surface area (TPSA) is 84.2 Å². The molecule has 0 spiro atoms. The van der Waals surface area contributed by atoms with E-state index in [0.29, 0.717) is 22.6 Å². The van der Waals surface area contributed by atoms with E-state index < -0.39 is 24.3 Å². The average molecular weight is 489 g/mol. The Kier molecular flexibility index (Phi) is 9.04. The van der Waals surface area contributed by atoms with Crippen molar-refractivity contribution in [1.29, 1.82) is 5.26 Å². The van der Waals surface area contributed by atoms with Gasteiger partial charge in [0.25, 0.3) is 5.91 Å². The Morgan fingerprint density at radius 2 is 1.91 bits per heavy atom. The monoisotopic (exact) mass is 488 g/mol. The lowest BCUT2D eigenvalue weighted by atomic mass is 10.1. The molecule has 1 N–H and O–H groups in total. The molecular formula is C24H18ClF3N3O3-. The number of alkyl halides is 3. The minimum Gasteiger partial charge on any atom is -1.00 e. The molecule has 0 bridgehead atoms. The number of nitrogens with one attached hydrogen (secondary N) is 1. The summed E-state index contributed by atoms with van der Waals surface area (Å²) in [7, 11) is 1.42. The van der Waals surface area contributed by atoms with Crippen LogP contribution in [0.2, 0.25) is 0 Å². The van der Waals surface area contributed by atoms with Crippen molar-refractivity contribution in [2.45, 2.75) is 6.18 Å². The van der Waals surface area contributed by atoms with E-state index in [1.807, 2.05) is 0 Å². The number of halogens is 4. The first kappa shape index (κ1) is 26.2. The molecule has 176 valence electrons. The van der Waals surface area contributed by atoms with Gasteiger partial charge < -0.3 is 27.2 Å². The number of hydrogen-bond donors (Lipinski definition) is 1. The molecule has 0 atom stereocenters. The van der Waals surface area contributed by atoms with E-state index in [4.69, 9.17) is 9.47 Å². The number of aromatic nitrogens is 1. The molecule has 0 unspecified atom stereocenters. The summed E-state index contributed by atoms with van der Waals surface area (Å²) < 4.78 is 49.2. The summed E-state index contributed by atoms with van der Waals surface area (Å²) in [6.07, 6.45) is -1.29. The van der Waals surface area contributed by atoms with Gasteiger partial charge in [-0.15, -0.1) is 0 Å². The van der Waals surface area contributed by atoms with Gasteiger partial charge in [0.2, 0.25) is 0 Å². The number of pyridine rings is 1. The van der Waals surface area contributed by atoms with Gasteiger partial charge in [-0.1, -0.05) is 18.2 Å². The standard InChI is InChI=1S/C24H18F3N3O3.ClH/c1-32-22-12-16(11-17(14-28)20-7-2-3-10-29-20)8-9-21(22)33-15-23(31)30-19-6-4-5-18(13-19)24(25,26)27;/h2-13H,15H2,1H3,(H,30,31);1H/p-1/b17-11+;. The highest BCUT2D eigenvalue weighted by atomic mass is 35.5. The van der Waals surface area contributed by atoms with Gasteiger partial charge in [0.15, 0.2) is 18.1 Å². The third-order valence-corrected chi connectivity index (χ3v) is 4.39. The Morgan fingerprint density at radius 3 is 2.56 bits per heavy atom. The predicted molar refractivity (Wildman–Crippen MR) is 116 cm³/mol. The third-order valence-electron chi connectivity index (χ3n) is 4.39. The van der Waals surface area contributed by atoms with E-state index in [2.05, 4.69) is 16.4 Å². The highest BCUT2D eigenvalue weighted by Gasteiger charge is 2.30.